The molecule has 0 bridgehead atoms. The van der Waals surface area contributed by atoms with Crippen LogP contribution in [0.1, 0.15) is 65.7 Å². The summed E-state index contributed by atoms with van der Waals surface area (Å²) in [6, 6.07) is 0.510. The fourth-order valence-corrected chi connectivity index (χ4v) is 3.04. The van der Waals surface area contributed by atoms with Crippen molar-refractivity contribution in [2.24, 2.45) is 0 Å². The van der Waals surface area contributed by atoms with Gasteiger partial charge in [0.15, 0.2) is 0 Å². The Morgan fingerprint density at radius 2 is 1.74 bits per heavy atom. The Balaban J connectivity index is 2.47. The summed E-state index contributed by atoms with van der Waals surface area (Å²) in [7, 11) is 0. The average molecular weight is 268 g/mol. The van der Waals surface area contributed by atoms with Crippen LogP contribution in [0.25, 0.3) is 0 Å². The Morgan fingerprint density at radius 3 is 2.26 bits per heavy atom. The van der Waals surface area contributed by atoms with Gasteiger partial charge in [0.1, 0.15) is 0 Å². The molecule has 0 atom stereocenters. The first-order valence-electron chi connectivity index (χ1n) is 8.24. The van der Waals surface area contributed by atoms with Gasteiger partial charge < -0.3 is 4.90 Å². The first-order valence-corrected chi connectivity index (χ1v) is 8.24. The molecule has 1 fully saturated rings. The van der Waals surface area contributed by atoms with Crippen molar-refractivity contribution in [2.45, 2.75) is 71.8 Å². The zero-order valence-corrected chi connectivity index (χ0v) is 13.2. The molecule has 0 aromatic carbocycles. The van der Waals surface area contributed by atoms with Crippen molar-refractivity contribution in [3.8, 4) is 0 Å². The quantitative estimate of drug-likeness (QED) is 0.674. The lowest BCUT2D eigenvalue weighted by Gasteiger charge is -2.35. The van der Waals surface area contributed by atoms with Crippen molar-refractivity contribution in [3.63, 3.8) is 0 Å². The number of hydrogen-bond donors (Lipinski definition) is 0. The summed E-state index contributed by atoms with van der Waals surface area (Å²) in [5, 5.41) is 0. The van der Waals surface area contributed by atoms with Gasteiger partial charge >= 0.3 is 0 Å². The van der Waals surface area contributed by atoms with E-state index in [1.807, 2.05) is 0 Å². The van der Waals surface area contributed by atoms with E-state index >= 15 is 0 Å². The molecule has 0 aromatic heterocycles. The molecule has 0 radical (unpaired) electrons. The molecule has 0 unspecified atom stereocenters. The van der Waals surface area contributed by atoms with Crippen molar-refractivity contribution in [3.05, 3.63) is 0 Å². The highest BCUT2D eigenvalue weighted by Crippen LogP contribution is 2.22. The molecule has 3 heteroatoms. The van der Waals surface area contributed by atoms with Crippen LogP contribution in [-0.2, 0) is 4.79 Å². The topological polar surface area (TPSA) is 23.6 Å². The van der Waals surface area contributed by atoms with Gasteiger partial charge in [-0.3, -0.25) is 9.69 Å². The van der Waals surface area contributed by atoms with E-state index in [9.17, 15) is 4.79 Å². The summed E-state index contributed by atoms with van der Waals surface area (Å²) in [6.45, 7) is 10.00. The first-order chi connectivity index (χ1) is 9.22. The maximum Gasteiger partial charge on any atom is 0.236 e. The number of carbonyl (C=O) groups excluding carboxylic acids is 1. The molecule has 3 nitrogen and oxygen atoms in total. The summed E-state index contributed by atoms with van der Waals surface area (Å²) >= 11 is 0. The lowest BCUT2D eigenvalue weighted by molar-refractivity contribution is -0.135. The van der Waals surface area contributed by atoms with Crippen LogP contribution in [-0.4, -0.2) is 47.9 Å². The summed E-state index contributed by atoms with van der Waals surface area (Å²) in [5.41, 5.74) is 0. The van der Waals surface area contributed by atoms with Crippen molar-refractivity contribution < 1.29 is 4.79 Å². The van der Waals surface area contributed by atoms with Crippen LogP contribution in [0.4, 0.5) is 0 Å². The summed E-state index contributed by atoms with van der Waals surface area (Å²) in [5.74, 6) is 0.340. The molecular weight excluding hydrogens is 236 g/mol. The normalized spacial score (nSPS) is 16.8. The minimum Gasteiger partial charge on any atom is -0.339 e. The van der Waals surface area contributed by atoms with Crippen molar-refractivity contribution in [1.82, 2.24) is 9.80 Å². The van der Waals surface area contributed by atoms with Gasteiger partial charge in [-0.2, -0.15) is 0 Å². The highest BCUT2D eigenvalue weighted by molar-refractivity contribution is 5.78. The van der Waals surface area contributed by atoms with E-state index in [0.717, 1.165) is 19.6 Å². The van der Waals surface area contributed by atoms with E-state index in [0.29, 0.717) is 18.5 Å². The summed E-state index contributed by atoms with van der Waals surface area (Å²) in [6.07, 6.45) is 8.74. The van der Waals surface area contributed by atoms with E-state index in [-0.39, 0.29) is 0 Å². The Morgan fingerprint density at radius 1 is 1.05 bits per heavy atom. The smallest absolute Gasteiger partial charge is 0.236 e. The molecule has 1 aliphatic rings. The minimum atomic E-state index is 0.340. The molecule has 0 saturated heterocycles. The van der Waals surface area contributed by atoms with Gasteiger partial charge in [-0.25, -0.2) is 0 Å². The molecule has 1 aliphatic carbocycles. The van der Waals surface area contributed by atoms with Crippen molar-refractivity contribution in [1.29, 1.82) is 0 Å². The molecule has 0 spiro atoms. The van der Waals surface area contributed by atoms with Crippen LogP contribution in [0.2, 0.25) is 0 Å². The minimum absolute atomic E-state index is 0.340. The molecular formula is C16H32N2O. The lowest BCUT2D eigenvalue weighted by atomic mass is 9.94. The molecule has 1 rings (SSSR count). The van der Waals surface area contributed by atoms with Gasteiger partial charge in [0.05, 0.1) is 6.54 Å². The Bertz CT molecular complexity index is 249. The van der Waals surface area contributed by atoms with E-state index in [2.05, 4.69) is 30.6 Å². The number of unbranched alkanes of at least 4 members (excludes halogenated alkanes) is 1. The highest BCUT2D eigenvalue weighted by Gasteiger charge is 2.24. The van der Waals surface area contributed by atoms with Crippen LogP contribution in [0.15, 0.2) is 0 Å². The SMILES string of the molecule is CCCCN(CC)CC(=O)N(CC)C1CCCCC1. The third kappa shape index (κ3) is 5.52. The second-order valence-electron chi connectivity index (χ2n) is 5.69. The molecule has 1 saturated carbocycles. The average Bonchev–Trinajstić information content (AvgIpc) is 2.45. The van der Waals surface area contributed by atoms with E-state index in [1.165, 1.54) is 44.9 Å². The van der Waals surface area contributed by atoms with Crippen LogP contribution >= 0.6 is 0 Å². The number of amides is 1. The lowest BCUT2D eigenvalue weighted by Crippen LogP contribution is -2.46. The highest BCUT2D eigenvalue weighted by atomic mass is 16.2. The fourth-order valence-electron chi connectivity index (χ4n) is 3.04. The Kier molecular flexibility index (Phi) is 8.11. The third-order valence-electron chi connectivity index (χ3n) is 4.31. The molecule has 0 N–H and O–H groups in total. The molecule has 112 valence electrons. The number of nitrogens with zero attached hydrogens (tertiary/aromatic N) is 2. The summed E-state index contributed by atoms with van der Waals surface area (Å²) < 4.78 is 0. The number of carbonyl (C=O) groups is 1. The number of hydrogen-bond acceptors (Lipinski definition) is 2. The predicted molar refractivity (Wildman–Crippen MR) is 81.3 cm³/mol. The maximum absolute atomic E-state index is 12.5. The molecule has 0 aliphatic heterocycles. The second kappa shape index (κ2) is 9.35. The van der Waals surface area contributed by atoms with Crippen molar-refractivity contribution in [2.75, 3.05) is 26.2 Å². The predicted octanol–water partition coefficient (Wildman–Crippen LogP) is 3.29. The molecule has 0 aromatic rings. The van der Waals surface area contributed by atoms with Crippen LogP contribution in [0, 0.1) is 0 Å². The van der Waals surface area contributed by atoms with Gasteiger partial charge in [-0.05, 0) is 39.3 Å². The van der Waals surface area contributed by atoms with Gasteiger partial charge in [-0.1, -0.05) is 39.5 Å². The molecule has 0 heterocycles. The van der Waals surface area contributed by atoms with Crippen molar-refractivity contribution >= 4 is 5.91 Å². The number of likely N-dealkylation sites (N-methyl/N-ethyl adjacent to an activating group) is 2. The van der Waals surface area contributed by atoms with E-state index < -0.39 is 0 Å². The maximum atomic E-state index is 12.5. The van der Waals surface area contributed by atoms with Crippen LogP contribution < -0.4 is 0 Å². The number of rotatable bonds is 8. The first kappa shape index (κ1) is 16.5. The fraction of sp³-hybridized carbons (Fsp3) is 0.938. The van der Waals surface area contributed by atoms with E-state index in [4.69, 9.17) is 0 Å². The Hall–Kier alpha value is -0.570. The van der Waals surface area contributed by atoms with E-state index in [1.54, 1.807) is 0 Å². The van der Waals surface area contributed by atoms with Crippen LogP contribution in [0.3, 0.4) is 0 Å². The van der Waals surface area contributed by atoms with Gasteiger partial charge in [0.2, 0.25) is 5.91 Å². The molecule has 19 heavy (non-hydrogen) atoms. The monoisotopic (exact) mass is 268 g/mol. The van der Waals surface area contributed by atoms with Gasteiger partial charge in [0, 0.05) is 12.6 Å². The zero-order valence-electron chi connectivity index (χ0n) is 13.2. The third-order valence-corrected chi connectivity index (χ3v) is 4.31. The largest absolute Gasteiger partial charge is 0.339 e. The van der Waals surface area contributed by atoms with Gasteiger partial charge in [-0.15, -0.1) is 0 Å². The second-order valence-corrected chi connectivity index (χ2v) is 5.69. The standard InChI is InChI=1S/C16H32N2O/c1-4-7-13-17(5-2)14-16(19)18(6-3)15-11-9-8-10-12-15/h15H,4-14H2,1-3H3. The zero-order chi connectivity index (χ0) is 14.1. The summed E-state index contributed by atoms with van der Waals surface area (Å²) in [4.78, 5) is 16.9. The van der Waals surface area contributed by atoms with Crippen LogP contribution in [0.5, 0.6) is 0 Å². The Labute approximate surface area is 119 Å². The molecule has 1 amide bonds. The van der Waals surface area contributed by atoms with Gasteiger partial charge in [0.25, 0.3) is 0 Å².